The summed E-state index contributed by atoms with van der Waals surface area (Å²) >= 11 is 0. The van der Waals surface area contributed by atoms with E-state index in [1.54, 1.807) is 17.4 Å². The summed E-state index contributed by atoms with van der Waals surface area (Å²) in [4.78, 5) is 18.4. The lowest BCUT2D eigenvalue weighted by Gasteiger charge is -2.19. The summed E-state index contributed by atoms with van der Waals surface area (Å²) in [6.45, 7) is 3.43. The molecule has 2 aromatic rings. The van der Waals surface area contributed by atoms with Crippen molar-refractivity contribution in [2.24, 2.45) is 0 Å². The van der Waals surface area contributed by atoms with Crippen LogP contribution < -0.4 is 5.32 Å². The maximum absolute atomic E-state index is 12.6. The Labute approximate surface area is 143 Å². The van der Waals surface area contributed by atoms with Crippen LogP contribution in [0.2, 0.25) is 0 Å². The fourth-order valence-electron chi connectivity index (χ4n) is 2.03. The van der Waals surface area contributed by atoms with Crippen molar-refractivity contribution >= 4 is 30.7 Å². The highest BCUT2D eigenvalue weighted by molar-refractivity contribution is 5.97. The number of benzene rings is 1. The number of imidazole rings is 1. The average molecular weight is 345 g/mol. The van der Waals surface area contributed by atoms with Crippen molar-refractivity contribution in [1.29, 1.82) is 0 Å². The minimum atomic E-state index is 0. The first-order valence-electron chi connectivity index (χ1n) is 6.62. The molecular weight excluding hydrogens is 323 g/mol. The Morgan fingerprint density at radius 3 is 2.68 bits per heavy atom. The van der Waals surface area contributed by atoms with Crippen molar-refractivity contribution in [2.75, 3.05) is 27.2 Å². The van der Waals surface area contributed by atoms with Crippen LogP contribution >= 0.6 is 24.8 Å². The van der Waals surface area contributed by atoms with E-state index in [0.717, 1.165) is 17.8 Å². The number of nitrogens with one attached hydrogen (secondary N) is 1. The normalized spacial score (nSPS) is 9.59. The third kappa shape index (κ3) is 4.73. The number of amides is 1. The fourth-order valence-corrected chi connectivity index (χ4v) is 2.03. The van der Waals surface area contributed by atoms with Gasteiger partial charge in [0.2, 0.25) is 0 Å². The molecule has 0 aliphatic heterocycles. The second-order valence-electron chi connectivity index (χ2n) is 4.82. The third-order valence-electron chi connectivity index (χ3n) is 3.21. The van der Waals surface area contributed by atoms with E-state index in [-0.39, 0.29) is 30.7 Å². The van der Waals surface area contributed by atoms with Gasteiger partial charge in [0.1, 0.15) is 0 Å². The molecule has 1 heterocycles. The zero-order valence-corrected chi connectivity index (χ0v) is 14.6. The van der Waals surface area contributed by atoms with Gasteiger partial charge in [0.05, 0.1) is 17.6 Å². The molecule has 5 nitrogen and oxygen atoms in total. The summed E-state index contributed by atoms with van der Waals surface area (Å²) in [5.74, 6) is 0.0210. The molecule has 0 aliphatic carbocycles. The monoisotopic (exact) mass is 344 g/mol. The molecule has 0 saturated heterocycles. The molecule has 0 fully saturated rings. The largest absolute Gasteiger partial charge is 0.340 e. The Morgan fingerprint density at radius 2 is 2.09 bits per heavy atom. The van der Waals surface area contributed by atoms with E-state index in [4.69, 9.17) is 0 Å². The average Bonchev–Trinajstić information content (AvgIpc) is 2.97. The molecule has 22 heavy (non-hydrogen) atoms. The first-order valence-corrected chi connectivity index (χ1v) is 6.62. The predicted octanol–water partition coefficient (Wildman–Crippen LogP) is 2.32. The van der Waals surface area contributed by atoms with Crippen LogP contribution in [0.1, 0.15) is 15.9 Å². The van der Waals surface area contributed by atoms with Gasteiger partial charge < -0.3 is 14.8 Å². The van der Waals surface area contributed by atoms with Crippen LogP contribution in [0.5, 0.6) is 0 Å². The van der Waals surface area contributed by atoms with E-state index in [2.05, 4.69) is 10.3 Å². The summed E-state index contributed by atoms with van der Waals surface area (Å²) in [6.07, 6.45) is 5.25. The fraction of sp³-hybridized carbons (Fsp3) is 0.333. The quantitative estimate of drug-likeness (QED) is 0.905. The molecule has 1 N–H and O–H groups in total. The van der Waals surface area contributed by atoms with Crippen molar-refractivity contribution in [1.82, 2.24) is 19.8 Å². The Kier molecular flexibility index (Phi) is 8.79. The highest BCUT2D eigenvalue weighted by atomic mass is 35.5. The molecule has 7 heteroatoms. The number of aromatic nitrogens is 2. The van der Waals surface area contributed by atoms with E-state index >= 15 is 0 Å². The number of hydrogen-bond donors (Lipinski definition) is 1. The molecule has 0 unspecified atom stereocenters. The molecular formula is C15H22Cl2N4O. The highest BCUT2D eigenvalue weighted by Crippen LogP contribution is 2.18. The number of carbonyl (C=O) groups is 1. The van der Waals surface area contributed by atoms with Crippen LogP contribution in [0.3, 0.4) is 0 Å². The summed E-state index contributed by atoms with van der Waals surface area (Å²) in [5, 5.41) is 3.05. The first kappa shape index (κ1) is 20.4. The van der Waals surface area contributed by atoms with E-state index in [1.165, 1.54) is 0 Å². The van der Waals surface area contributed by atoms with E-state index in [1.807, 2.05) is 50.0 Å². The summed E-state index contributed by atoms with van der Waals surface area (Å²) in [6, 6.07) is 5.88. The Bertz CT molecular complexity index is 587. The lowest BCUT2D eigenvalue weighted by molar-refractivity contribution is 0.0797. The van der Waals surface area contributed by atoms with Gasteiger partial charge in [-0.2, -0.15) is 0 Å². The maximum Gasteiger partial charge on any atom is 0.255 e. The predicted molar refractivity (Wildman–Crippen MR) is 93.7 cm³/mol. The van der Waals surface area contributed by atoms with Crippen LogP contribution in [0.15, 0.2) is 36.9 Å². The topological polar surface area (TPSA) is 50.2 Å². The summed E-state index contributed by atoms with van der Waals surface area (Å²) in [5.41, 5.74) is 2.62. The molecule has 1 aromatic carbocycles. The Hall–Kier alpha value is -1.56. The van der Waals surface area contributed by atoms with Crippen molar-refractivity contribution in [3.8, 4) is 5.69 Å². The summed E-state index contributed by atoms with van der Waals surface area (Å²) in [7, 11) is 3.70. The van der Waals surface area contributed by atoms with Crippen LogP contribution in [-0.4, -0.2) is 47.5 Å². The van der Waals surface area contributed by atoms with Crippen LogP contribution in [0, 0.1) is 6.92 Å². The Balaban J connectivity index is 0.00000220. The molecule has 1 amide bonds. The first-order chi connectivity index (χ1) is 9.63. The molecule has 0 spiro atoms. The van der Waals surface area contributed by atoms with Gasteiger partial charge in [-0.05, 0) is 26.1 Å². The number of halogens is 2. The van der Waals surface area contributed by atoms with Gasteiger partial charge in [0.25, 0.3) is 5.91 Å². The lowest BCUT2D eigenvalue weighted by Crippen LogP contribution is -2.33. The number of rotatable bonds is 5. The molecule has 0 bridgehead atoms. The molecule has 2 rings (SSSR count). The van der Waals surface area contributed by atoms with Gasteiger partial charge in [-0.3, -0.25) is 4.79 Å². The van der Waals surface area contributed by atoms with E-state index in [0.29, 0.717) is 12.1 Å². The minimum absolute atomic E-state index is 0. The number of likely N-dealkylation sites (N-methyl/N-ethyl adjacent to an activating group) is 2. The third-order valence-corrected chi connectivity index (χ3v) is 3.21. The zero-order valence-electron chi connectivity index (χ0n) is 12.9. The number of hydrogen-bond acceptors (Lipinski definition) is 3. The highest BCUT2D eigenvalue weighted by Gasteiger charge is 2.16. The molecule has 0 radical (unpaired) electrons. The SMILES string of the molecule is CNCCN(C)C(=O)c1cc(C)ccc1-n1ccnc1.Cl.Cl. The van der Waals surface area contributed by atoms with Gasteiger partial charge in [0.15, 0.2) is 0 Å². The molecule has 122 valence electrons. The number of nitrogens with zero attached hydrogens (tertiary/aromatic N) is 3. The van der Waals surface area contributed by atoms with Gasteiger partial charge in [-0.15, -0.1) is 24.8 Å². The van der Waals surface area contributed by atoms with Gasteiger partial charge in [-0.25, -0.2) is 4.98 Å². The maximum atomic E-state index is 12.6. The second kappa shape index (κ2) is 9.46. The van der Waals surface area contributed by atoms with Crippen molar-refractivity contribution in [2.45, 2.75) is 6.92 Å². The van der Waals surface area contributed by atoms with Crippen LogP contribution in [0.25, 0.3) is 5.69 Å². The molecule has 0 atom stereocenters. The van der Waals surface area contributed by atoms with Crippen molar-refractivity contribution in [3.05, 3.63) is 48.0 Å². The van der Waals surface area contributed by atoms with Crippen LogP contribution in [0.4, 0.5) is 0 Å². The molecule has 0 aliphatic rings. The number of aryl methyl sites for hydroxylation is 1. The summed E-state index contributed by atoms with van der Waals surface area (Å²) < 4.78 is 1.86. The van der Waals surface area contributed by atoms with Crippen molar-refractivity contribution < 1.29 is 4.79 Å². The smallest absolute Gasteiger partial charge is 0.255 e. The Morgan fingerprint density at radius 1 is 1.36 bits per heavy atom. The molecule has 0 saturated carbocycles. The number of carbonyl (C=O) groups excluding carboxylic acids is 1. The van der Waals surface area contributed by atoms with Gasteiger partial charge in [-0.1, -0.05) is 11.6 Å². The van der Waals surface area contributed by atoms with E-state index < -0.39 is 0 Å². The van der Waals surface area contributed by atoms with Crippen LogP contribution in [-0.2, 0) is 0 Å². The van der Waals surface area contributed by atoms with Gasteiger partial charge >= 0.3 is 0 Å². The second-order valence-corrected chi connectivity index (χ2v) is 4.82. The van der Waals surface area contributed by atoms with Gasteiger partial charge in [0, 0.05) is 32.5 Å². The van der Waals surface area contributed by atoms with Crippen molar-refractivity contribution in [3.63, 3.8) is 0 Å². The standard InChI is InChI=1S/C15H20N4O.2ClH/c1-12-4-5-14(19-9-7-17-11-19)13(10-12)15(20)18(3)8-6-16-2;;/h4-5,7,9-11,16H,6,8H2,1-3H3;2*1H. The zero-order chi connectivity index (χ0) is 14.5. The van der Waals surface area contributed by atoms with E-state index in [9.17, 15) is 4.79 Å². The minimum Gasteiger partial charge on any atom is -0.340 e. The molecule has 1 aromatic heterocycles. The lowest BCUT2D eigenvalue weighted by atomic mass is 10.1.